The lowest BCUT2D eigenvalue weighted by atomic mass is 9.80. The quantitative estimate of drug-likeness (QED) is 0.310. The number of carbonyl (C=O) groups is 2. The number of dihydropyridines is 1. The van der Waals surface area contributed by atoms with Crippen molar-refractivity contribution in [3.8, 4) is 6.07 Å². The van der Waals surface area contributed by atoms with Crippen LogP contribution in [0.4, 0.5) is 11.4 Å². The Kier molecular flexibility index (Phi) is 8.57. The van der Waals surface area contributed by atoms with E-state index in [1.807, 2.05) is 69.3 Å². The number of benzene rings is 3. The minimum Gasteiger partial charge on any atom is -0.353 e. The molecule has 0 spiro atoms. The number of aryl methyl sites for hydroxylation is 2. The Bertz CT molecular complexity index is 1490. The van der Waals surface area contributed by atoms with Crippen LogP contribution in [-0.2, 0) is 9.59 Å². The number of anilines is 2. The van der Waals surface area contributed by atoms with E-state index in [-0.39, 0.29) is 17.6 Å². The summed E-state index contributed by atoms with van der Waals surface area (Å²) in [4.78, 5) is 26.3. The smallest absolute Gasteiger partial charge is 0.254 e. The molecule has 3 aromatic carbocycles. The van der Waals surface area contributed by atoms with Crippen molar-refractivity contribution in [1.29, 1.82) is 5.26 Å². The van der Waals surface area contributed by atoms with Gasteiger partial charge in [-0.1, -0.05) is 59.8 Å². The molecule has 1 heterocycles. The average Bonchev–Trinajstić information content (AvgIpc) is 2.88. The maximum Gasteiger partial charge on any atom is 0.254 e. The molecule has 0 saturated carbocycles. The summed E-state index contributed by atoms with van der Waals surface area (Å²) in [6.07, 6.45) is 0. The minimum absolute atomic E-state index is 0.0987. The van der Waals surface area contributed by atoms with Gasteiger partial charge < -0.3 is 16.0 Å². The summed E-state index contributed by atoms with van der Waals surface area (Å²) < 4.78 is 0. The van der Waals surface area contributed by atoms with Crippen LogP contribution in [0.3, 0.4) is 0 Å². The fraction of sp³-hybridized carbons (Fsp3) is 0.167. The summed E-state index contributed by atoms with van der Waals surface area (Å²) in [7, 11) is 0. The molecule has 0 saturated heterocycles. The summed E-state index contributed by atoms with van der Waals surface area (Å²) >= 11 is 7.24. The number of amides is 2. The molecule has 3 aromatic rings. The Morgan fingerprint density at radius 2 is 1.71 bits per heavy atom. The van der Waals surface area contributed by atoms with E-state index in [1.54, 1.807) is 24.3 Å². The normalized spacial score (nSPS) is 15.0. The van der Waals surface area contributed by atoms with Gasteiger partial charge in [0.25, 0.3) is 5.91 Å². The van der Waals surface area contributed by atoms with Gasteiger partial charge in [0.1, 0.15) is 0 Å². The Morgan fingerprint density at radius 1 is 0.974 bits per heavy atom. The highest BCUT2D eigenvalue weighted by Gasteiger charge is 2.35. The number of hydrogen-bond donors (Lipinski definition) is 3. The second-order valence-corrected chi connectivity index (χ2v) is 10.4. The number of nitriles is 1. The fourth-order valence-corrected chi connectivity index (χ4v) is 5.36. The summed E-state index contributed by atoms with van der Waals surface area (Å²) in [6.45, 7) is 5.73. The molecule has 3 N–H and O–H groups in total. The zero-order valence-electron chi connectivity index (χ0n) is 21.3. The molecule has 8 heteroatoms. The van der Waals surface area contributed by atoms with Gasteiger partial charge >= 0.3 is 0 Å². The Morgan fingerprint density at radius 3 is 2.39 bits per heavy atom. The second-order valence-electron chi connectivity index (χ2n) is 8.98. The molecule has 0 bridgehead atoms. The van der Waals surface area contributed by atoms with E-state index >= 15 is 0 Å². The molecule has 0 radical (unpaired) electrons. The van der Waals surface area contributed by atoms with E-state index in [0.717, 1.165) is 22.4 Å². The number of nitrogens with zero attached hydrogens (tertiary/aromatic N) is 1. The molecule has 4 rings (SSSR count). The lowest BCUT2D eigenvalue weighted by Crippen LogP contribution is -2.31. The van der Waals surface area contributed by atoms with Crippen molar-refractivity contribution in [2.45, 2.75) is 26.7 Å². The highest BCUT2D eigenvalue weighted by molar-refractivity contribution is 8.03. The molecule has 2 amide bonds. The maximum atomic E-state index is 13.6. The number of halogens is 1. The van der Waals surface area contributed by atoms with Crippen LogP contribution in [0.15, 0.2) is 94.7 Å². The van der Waals surface area contributed by atoms with Gasteiger partial charge in [-0.2, -0.15) is 5.26 Å². The molecule has 0 aromatic heterocycles. The van der Waals surface area contributed by atoms with E-state index in [4.69, 9.17) is 11.6 Å². The Balaban J connectivity index is 1.64. The molecular formula is C30H27ClN4O2S. The van der Waals surface area contributed by atoms with Crippen molar-refractivity contribution in [2.24, 2.45) is 0 Å². The molecule has 0 aliphatic carbocycles. The second kappa shape index (κ2) is 12.0. The average molecular weight is 543 g/mol. The van der Waals surface area contributed by atoms with Gasteiger partial charge in [0, 0.05) is 27.7 Å². The highest BCUT2D eigenvalue weighted by Crippen LogP contribution is 2.42. The van der Waals surface area contributed by atoms with Crippen molar-refractivity contribution in [3.63, 3.8) is 0 Å². The Hall–Kier alpha value is -3.99. The number of thioether (sulfide) groups is 1. The molecule has 6 nitrogen and oxygen atoms in total. The van der Waals surface area contributed by atoms with Gasteiger partial charge in [-0.3, -0.25) is 9.59 Å². The number of rotatable bonds is 7. The van der Waals surface area contributed by atoms with Gasteiger partial charge in [0.15, 0.2) is 0 Å². The van der Waals surface area contributed by atoms with Crippen LogP contribution in [0.5, 0.6) is 0 Å². The number of nitrogens with one attached hydrogen (secondary N) is 3. The SMILES string of the molecule is CC1=C(C(=O)Nc2ccc(Cl)cc2)C(c2ccccc2C)C(C#N)=C(SCC(=O)Nc2cccc(C)c2)N1. The van der Waals surface area contributed by atoms with E-state index < -0.39 is 5.92 Å². The van der Waals surface area contributed by atoms with Crippen LogP contribution >= 0.6 is 23.4 Å². The van der Waals surface area contributed by atoms with Crippen LogP contribution in [-0.4, -0.2) is 17.6 Å². The Labute approximate surface area is 231 Å². The molecular weight excluding hydrogens is 516 g/mol. The van der Waals surface area contributed by atoms with Crippen molar-refractivity contribution >= 4 is 46.6 Å². The third-order valence-electron chi connectivity index (χ3n) is 6.14. The maximum absolute atomic E-state index is 13.6. The molecule has 38 heavy (non-hydrogen) atoms. The van der Waals surface area contributed by atoms with E-state index in [0.29, 0.717) is 32.6 Å². The predicted molar refractivity (Wildman–Crippen MR) is 155 cm³/mol. The summed E-state index contributed by atoms with van der Waals surface area (Å²) in [5.41, 5.74) is 5.62. The topological polar surface area (TPSA) is 94.0 Å². The van der Waals surface area contributed by atoms with Crippen molar-refractivity contribution in [3.05, 3.63) is 116 Å². The van der Waals surface area contributed by atoms with Crippen molar-refractivity contribution in [1.82, 2.24) is 5.32 Å². The highest BCUT2D eigenvalue weighted by atomic mass is 35.5. The number of hydrogen-bond acceptors (Lipinski definition) is 5. The lowest BCUT2D eigenvalue weighted by Gasteiger charge is -2.30. The molecule has 1 unspecified atom stereocenters. The van der Waals surface area contributed by atoms with Gasteiger partial charge in [-0.05, 0) is 73.9 Å². The third kappa shape index (κ3) is 6.28. The van der Waals surface area contributed by atoms with Gasteiger partial charge in [0.2, 0.25) is 5.91 Å². The van der Waals surface area contributed by atoms with Crippen LogP contribution in [0.2, 0.25) is 5.02 Å². The standard InChI is InChI=1S/C30H27ClN4O2S/c1-18-7-6-9-23(15-18)34-26(36)17-38-30-25(16-32)28(24-10-5-4-8-19(24)2)27(20(3)33-30)29(37)35-22-13-11-21(31)12-14-22/h4-15,28,33H,17H2,1-3H3,(H,34,36)(H,35,37). The van der Waals surface area contributed by atoms with Gasteiger partial charge in [-0.25, -0.2) is 0 Å². The lowest BCUT2D eigenvalue weighted by molar-refractivity contribution is -0.114. The molecule has 1 atom stereocenters. The summed E-state index contributed by atoms with van der Waals surface area (Å²) in [5.74, 6) is -1.01. The third-order valence-corrected chi connectivity index (χ3v) is 7.41. The van der Waals surface area contributed by atoms with Gasteiger partial charge in [-0.15, -0.1) is 0 Å². The first-order valence-corrected chi connectivity index (χ1v) is 13.4. The zero-order chi connectivity index (χ0) is 27.2. The minimum atomic E-state index is -0.600. The summed E-state index contributed by atoms with van der Waals surface area (Å²) in [6, 6.07) is 24.5. The van der Waals surface area contributed by atoms with E-state index in [2.05, 4.69) is 22.0 Å². The van der Waals surface area contributed by atoms with E-state index in [1.165, 1.54) is 11.8 Å². The molecule has 1 aliphatic heterocycles. The predicted octanol–water partition coefficient (Wildman–Crippen LogP) is 6.66. The first-order valence-electron chi connectivity index (χ1n) is 12.0. The number of carbonyl (C=O) groups excluding carboxylic acids is 2. The van der Waals surface area contributed by atoms with Crippen molar-refractivity contribution in [2.75, 3.05) is 16.4 Å². The fourth-order valence-electron chi connectivity index (χ4n) is 4.34. The molecule has 192 valence electrons. The number of allylic oxidation sites excluding steroid dienone is 2. The van der Waals surface area contributed by atoms with Crippen LogP contribution in [0, 0.1) is 25.2 Å². The first kappa shape index (κ1) is 27.1. The van der Waals surface area contributed by atoms with Crippen LogP contribution in [0.25, 0.3) is 0 Å². The van der Waals surface area contributed by atoms with Gasteiger partial charge in [0.05, 0.1) is 28.3 Å². The summed E-state index contributed by atoms with van der Waals surface area (Å²) in [5, 5.41) is 20.5. The van der Waals surface area contributed by atoms with Crippen molar-refractivity contribution < 1.29 is 9.59 Å². The molecule has 1 aliphatic rings. The first-order chi connectivity index (χ1) is 18.3. The zero-order valence-corrected chi connectivity index (χ0v) is 22.8. The monoisotopic (exact) mass is 542 g/mol. The van der Waals surface area contributed by atoms with Crippen LogP contribution < -0.4 is 16.0 Å². The van der Waals surface area contributed by atoms with Crippen LogP contribution in [0.1, 0.15) is 29.5 Å². The molecule has 0 fully saturated rings. The van der Waals surface area contributed by atoms with E-state index in [9.17, 15) is 14.9 Å². The largest absolute Gasteiger partial charge is 0.353 e.